The summed E-state index contributed by atoms with van der Waals surface area (Å²) in [6, 6.07) is 7.77. The van der Waals surface area contributed by atoms with E-state index < -0.39 is 0 Å². The normalized spacial score (nSPS) is 11.2. The fourth-order valence-electron chi connectivity index (χ4n) is 1.70. The molecule has 0 radical (unpaired) electrons. The molecule has 0 bridgehead atoms. The maximum Gasteiger partial charge on any atom is 0.183 e. The topological polar surface area (TPSA) is 40.0 Å². The van der Waals surface area contributed by atoms with E-state index in [9.17, 15) is 0 Å². The fraction of sp³-hybridized carbons (Fsp3) is 0.438. The van der Waals surface area contributed by atoms with Crippen LogP contribution in [0.3, 0.4) is 0 Å². The SMILES string of the molecule is CC#C/C(=N/OC)c1ccc(C(OCC)OCC)cc1. The lowest BCUT2D eigenvalue weighted by atomic mass is 10.1. The van der Waals surface area contributed by atoms with Crippen molar-refractivity contribution in [3.8, 4) is 11.8 Å². The first-order valence-corrected chi connectivity index (χ1v) is 6.64. The van der Waals surface area contributed by atoms with Crippen LogP contribution < -0.4 is 0 Å². The molecular formula is C16H21NO3. The van der Waals surface area contributed by atoms with Gasteiger partial charge in [0.1, 0.15) is 7.11 Å². The highest BCUT2D eigenvalue weighted by molar-refractivity contribution is 6.12. The molecule has 0 atom stereocenters. The largest absolute Gasteiger partial charge is 0.398 e. The van der Waals surface area contributed by atoms with Crippen molar-refractivity contribution in [3.63, 3.8) is 0 Å². The summed E-state index contributed by atoms with van der Waals surface area (Å²) in [6.07, 6.45) is -0.334. The van der Waals surface area contributed by atoms with E-state index in [0.29, 0.717) is 18.9 Å². The molecule has 0 saturated carbocycles. The van der Waals surface area contributed by atoms with Crippen LogP contribution >= 0.6 is 0 Å². The van der Waals surface area contributed by atoms with Crippen molar-refractivity contribution in [1.82, 2.24) is 0 Å². The van der Waals surface area contributed by atoms with Crippen LogP contribution in [0.4, 0.5) is 0 Å². The Hall–Kier alpha value is -1.83. The van der Waals surface area contributed by atoms with E-state index in [1.807, 2.05) is 38.1 Å². The molecule has 0 aliphatic heterocycles. The van der Waals surface area contributed by atoms with Gasteiger partial charge in [0.15, 0.2) is 12.0 Å². The summed E-state index contributed by atoms with van der Waals surface area (Å²) in [5.41, 5.74) is 2.47. The van der Waals surface area contributed by atoms with Crippen molar-refractivity contribution in [2.45, 2.75) is 27.1 Å². The summed E-state index contributed by atoms with van der Waals surface area (Å²) in [5.74, 6) is 5.73. The molecule has 0 heterocycles. The van der Waals surface area contributed by atoms with Crippen molar-refractivity contribution in [2.75, 3.05) is 20.3 Å². The summed E-state index contributed by atoms with van der Waals surface area (Å²) < 4.78 is 11.1. The molecule has 0 aliphatic carbocycles. The number of benzene rings is 1. The highest BCUT2D eigenvalue weighted by Gasteiger charge is 2.11. The minimum absolute atomic E-state index is 0.334. The van der Waals surface area contributed by atoms with Gasteiger partial charge in [-0.15, -0.1) is 0 Å². The van der Waals surface area contributed by atoms with Crippen LogP contribution in [0.25, 0.3) is 0 Å². The standard InChI is InChI=1S/C16H21NO3/c1-5-8-15(17-18-4)13-9-11-14(12-10-13)16(19-6-2)20-7-3/h9-12,16H,6-7H2,1-4H3/b17-15-. The zero-order chi connectivity index (χ0) is 14.8. The molecule has 4 nitrogen and oxygen atoms in total. The lowest BCUT2D eigenvalue weighted by Gasteiger charge is -2.17. The van der Waals surface area contributed by atoms with Crippen LogP contribution in [0.15, 0.2) is 29.4 Å². The predicted octanol–water partition coefficient (Wildman–Crippen LogP) is 3.13. The van der Waals surface area contributed by atoms with Crippen molar-refractivity contribution >= 4 is 5.71 Å². The molecule has 0 unspecified atom stereocenters. The summed E-state index contributed by atoms with van der Waals surface area (Å²) >= 11 is 0. The van der Waals surface area contributed by atoms with Crippen LogP contribution in [0.1, 0.15) is 38.2 Å². The molecule has 0 fully saturated rings. The molecule has 0 aromatic heterocycles. The molecular weight excluding hydrogens is 254 g/mol. The first-order valence-electron chi connectivity index (χ1n) is 6.64. The van der Waals surface area contributed by atoms with Gasteiger partial charge in [-0.3, -0.25) is 0 Å². The van der Waals surface area contributed by atoms with E-state index in [1.165, 1.54) is 7.11 Å². The predicted molar refractivity (Wildman–Crippen MR) is 79.4 cm³/mol. The first kappa shape index (κ1) is 16.2. The zero-order valence-electron chi connectivity index (χ0n) is 12.5. The number of hydrogen-bond donors (Lipinski definition) is 0. The third-order valence-electron chi connectivity index (χ3n) is 2.52. The third-order valence-corrected chi connectivity index (χ3v) is 2.52. The van der Waals surface area contributed by atoms with E-state index in [1.54, 1.807) is 6.92 Å². The molecule has 0 N–H and O–H groups in total. The van der Waals surface area contributed by atoms with Gasteiger partial charge in [0, 0.05) is 24.3 Å². The summed E-state index contributed by atoms with van der Waals surface area (Å²) in [7, 11) is 1.51. The highest BCUT2D eigenvalue weighted by atomic mass is 16.7. The van der Waals surface area contributed by atoms with E-state index in [4.69, 9.17) is 14.3 Å². The lowest BCUT2D eigenvalue weighted by molar-refractivity contribution is -0.140. The number of ether oxygens (including phenoxy) is 2. The average molecular weight is 275 g/mol. The van der Waals surface area contributed by atoms with Gasteiger partial charge < -0.3 is 14.3 Å². The van der Waals surface area contributed by atoms with Crippen molar-refractivity contribution < 1.29 is 14.3 Å². The van der Waals surface area contributed by atoms with Gasteiger partial charge in [-0.25, -0.2) is 0 Å². The molecule has 0 aliphatic rings. The van der Waals surface area contributed by atoms with Gasteiger partial charge in [-0.05, 0) is 26.7 Å². The molecule has 108 valence electrons. The Bertz CT molecular complexity index is 477. The van der Waals surface area contributed by atoms with Gasteiger partial charge in [-0.2, -0.15) is 0 Å². The van der Waals surface area contributed by atoms with E-state index in [0.717, 1.165) is 11.1 Å². The summed E-state index contributed by atoms with van der Waals surface area (Å²) in [4.78, 5) is 4.80. The smallest absolute Gasteiger partial charge is 0.183 e. The quantitative estimate of drug-likeness (QED) is 0.332. The van der Waals surface area contributed by atoms with E-state index in [2.05, 4.69) is 17.0 Å². The first-order chi connectivity index (χ1) is 9.76. The van der Waals surface area contributed by atoms with Crippen molar-refractivity contribution in [3.05, 3.63) is 35.4 Å². The van der Waals surface area contributed by atoms with Gasteiger partial charge >= 0.3 is 0 Å². The van der Waals surface area contributed by atoms with Crippen LogP contribution in [0, 0.1) is 11.8 Å². The Morgan fingerprint density at radius 2 is 1.75 bits per heavy atom. The van der Waals surface area contributed by atoms with E-state index >= 15 is 0 Å². The molecule has 0 spiro atoms. The maximum atomic E-state index is 5.56. The monoisotopic (exact) mass is 275 g/mol. The Morgan fingerprint density at radius 3 is 2.20 bits per heavy atom. The van der Waals surface area contributed by atoms with Crippen molar-refractivity contribution in [2.24, 2.45) is 5.16 Å². The summed E-state index contributed by atoms with van der Waals surface area (Å²) in [6.45, 7) is 6.86. The second kappa shape index (κ2) is 9.13. The second-order valence-electron chi connectivity index (χ2n) is 3.86. The molecule has 0 amide bonds. The van der Waals surface area contributed by atoms with Gasteiger partial charge in [0.05, 0.1) is 0 Å². The second-order valence-corrected chi connectivity index (χ2v) is 3.86. The molecule has 1 aromatic carbocycles. The maximum absolute atomic E-state index is 5.56. The Kier molecular flexibility index (Phi) is 7.41. The summed E-state index contributed by atoms with van der Waals surface area (Å²) in [5, 5.41) is 3.91. The van der Waals surface area contributed by atoms with Gasteiger partial charge in [0.25, 0.3) is 0 Å². The average Bonchev–Trinajstić information content (AvgIpc) is 2.47. The van der Waals surface area contributed by atoms with Crippen LogP contribution in [0.5, 0.6) is 0 Å². The fourth-order valence-corrected chi connectivity index (χ4v) is 1.70. The molecule has 20 heavy (non-hydrogen) atoms. The minimum Gasteiger partial charge on any atom is -0.398 e. The van der Waals surface area contributed by atoms with Crippen LogP contribution in [-0.2, 0) is 14.3 Å². The van der Waals surface area contributed by atoms with Gasteiger partial charge in [0.2, 0.25) is 0 Å². The molecule has 1 rings (SSSR count). The zero-order valence-corrected chi connectivity index (χ0v) is 12.5. The molecule has 1 aromatic rings. The molecule has 4 heteroatoms. The number of oxime groups is 1. The van der Waals surface area contributed by atoms with Crippen LogP contribution in [-0.4, -0.2) is 26.0 Å². The number of rotatable bonds is 7. The minimum atomic E-state index is -0.334. The Morgan fingerprint density at radius 1 is 1.15 bits per heavy atom. The van der Waals surface area contributed by atoms with Crippen molar-refractivity contribution in [1.29, 1.82) is 0 Å². The van der Waals surface area contributed by atoms with E-state index in [-0.39, 0.29) is 6.29 Å². The molecule has 0 saturated heterocycles. The van der Waals surface area contributed by atoms with Crippen LogP contribution in [0.2, 0.25) is 0 Å². The van der Waals surface area contributed by atoms with Gasteiger partial charge in [-0.1, -0.05) is 35.3 Å². The number of nitrogens with zero attached hydrogens (tertiary/aromatic N) is 1. The Balaban J connectivity index is 2.95. The Labute approximate surface area is 120 Å². The third kappa shape index (κ3) is 4.69. The lowest BCUT2D eigenvalue weighted by Crippen LogP contribution is -2.09. The highest BCUT2D eigenvalue weighted by Crippen LogP contribution is 2.19. The number of hydrogen-bond acceptors (Lipinski definition) is 4.